The maximum Gasteiger partial charge on any atom is 0.413 e. The summed E-state index contributed by atoms with van der Waals surface area (Å²) in [7, 11) is 1.27. The Morgan fingerprint density at radius 2 is 2.14 bits per heavy atom. The molecule has 2 amide bonds. The second kappa shape index (κ2) is 6.09. The lowest BCUT2D eigenvalue weighted by molar-refractivity contribution is -0.116. The molecular formula is C14H17N3O3S. The van der Waals surface area contributed by atoms with Gasteiger partial charge in [0.05, 0.1) is 7.11 Å². The molecule has 0 unspecified atom stereocenters. The minimum Gasteiger partial charge on any atom is -0.453 e. The molecule has 7 heteroatoms. The Balaban J connectivity index is 2.13. The van der Waals surface area contributed by atoms with Crippen LogP contribution in [-0.4, -0.2) is 30.3 Å². The number of nitrogens with zero attached hydrogens (tertiary/aromatic N) is 1. The summed E-state index contributed by atoms with van der Waals surface area (Å²) in [6, 6.07) is 5.77. The van der Waals surface area contributed by atoms with Crippen molar-refractivity contribution in [3.05, 3.63) is 23.8 Å². The van der Waals surface area contributed by atoms with E-state index < -0.39 is 6.09 Å². The van der Waals surface area contributed by atoms with E-state index in [1.807, 2.05) is 25.1 Å². The van der Waals surface area contributed by atoms with Crippen LogP contribution in [0.3, 0.4) is 0 Å². The maximum absolute atomic E-state index is 11.7. The largest absolute Gasteiger partial charge is 0.453 e. The fourth-order valence-corrected chi connectivity index (χ4v) is 2.70. The van der Waals surface area contributed by atoms with Crippen LogP contribution >= 0.6 is 12.2 Å². The summed E-state index contributed by atoms with van der Waals surface area (Å²) in [6.45, 7) is 3.57. The van der Waals surface area contributed by atoms with Crippen molar-refractivity contribution in [1.82, 2.24) is 5.32 Å². The van der Waals surface area contributed by atoms with Crippen LogP contribution < -0.4 is 15.5 Å². The van der Waals surface area contributed by atoms with E-state index in [1.54, 1.807) is 11.8 Å². The molecule has 6 nitrogen and oxygen atoms in total. The van der Waals surface area contributed by atoms with Gasteiger partial charge in [0.2, 0.25) is 5.91 Å². The molecule has 1 atom stereocenters. The molecule has 0 spiro atoms. The Morgan fingerprint density at radius 3 is 2.76 bits per heavy atom. The summed E-state index contributed by atoms with van der Waals surface area (Å²) in [5.74, 6) is 0.0323. The van der Waals surface area contributed by atoms with E-state index in [-0.39, 0.29) is 17.1 Å². The summed E-state index contributed by atoms with van der Waals surface area (Å²) >= 11 is 5.01. The standard InChI is InChI=1S/C14H17N3O3S/c1-8-6-10-7-11(15-13(21)16-14(19)20-3)4-5-12(10)17(8)9(2)18/h4-5,7-8H,6H2,1-3H3,(H2,15,16,19,21)/t8-/m1/s1. The number of hydrogen-bond donors (Lipinski definition) is 2. The van der Waals surface area contributed by atoms with E-state index in [0.717, 1.165) is 23.4 Å². The van der Waals surface area contributed by atoms with Gasteiger partial charge in [0, 0.05) is 24.3 Å². The van der Waals surface area contributed by atoms with Crippen LogP contribution in [0.2, 0.25) is 0 Å². The molecule has 0 radical (unpaired) electrons. The van der Waals surface area contributed by atoms with Crippen molar-refractivity contribution in [2.45, 2.75) is 26.3 Å². The van der Waals surface area contributed by atoms with E-state index >= 15 is 0 Å². The van der Waals surface area contributed by atoms with E-state index in [1.165, 1.54) is 7.11 Å². The number of ether oxygens (including phenoxy) is 1. The summed E-state index contributed by atoms with van der Waals surface area (Å²) in [5.41, 5.74) is 2.75. The van der Waals surface area contributed by atoms with Crippen molar-refractivity contribution >= 4 is 40.7 Å². The predicted molar refractivity (Wildman–Crippen MR) is 84.5 cm³/mol. The van der Waals surface area contributed by atoms with Gasteiger partial charge in [0.1, 0.15) is 0 Å². The van der Waals surface area contributed by atoms with Crippen molar-refractivity contribution in [1.29, 1.82) is 0 Å². The molecule has 0 bridgehead atoms. The number of amides is 2. The minimum atomic E-state index is -0.620. The Kier molecular flexibility index (Phi) is 4.42. The Morgan fingerprint density at radius 1 is 1.43 bits per heavy atom. The number of thiocarbonyl (C=S) groups is 1. The van der Waals surface area contributed by atoms with Gasteiger partial charge in [0.25, 0.3) is 0 Å². The molecule has 21 heavy (non-hydrogen) atoms. The van der Waals surface area contributed by atoms with Gasteiger partial charge in [-0.3, -0.25) is 10.1 Å². The van der Waals surface area contributed by atoms with Crippen LogP contribution in [-0.2, 0) is 16.0 Å². The second-order valence-corrected chi connectivity index (χ2v) is 5.26. The zero-order valence-corrected chi connectivity index (χ0v) is 12.9. The lowest BCUT2D eigenvalue weighted by atomic mass is 10.1. The fourth-order valence-electron chi connectivity index (χ4n) is 2.49. The summed E-state index contributed by atoms with van der Waals surface area (Å²) in [6.07, 6.45) is 0.173. The van der Waals surface area contributed by atoms with Crippen LogP contribution in [0.4, 0.5) is 16.2 Å². The quantitative estimate of drug-likeness (QED) is 0.777. The van der Waals surface area contributed by atoms with Gasteiger partial charge in [-0.2, -0.15) is 0 Å². The number of carbonyl (C=O) groups is 2. The molecule has 0 aromatic heterocycles. The predicted octanol–water partition coefficient (Wildman–Crippen LogP) is 2.04. The summed E-state index contributed by atoms with van der Waals surface area (Å²) in [5, 5.41) is 5.45. The molecule has 2 rings (SSSR count). The highest BCUT2D eigenvalue weighted by atomic mass is 32.1. The van der Waals surface area contributed by atoms with Crippen LogP contribution in [0.15, 0.2) is 18.2 Å². The highest BCUT2D eigenvalue weighted by Gasteiger charge is 2.28. The van der Waals surface area contributed by atoms with Crippen LogP contribution in [0.25, 0.3) is 0 Å². The number of nitrogens with one attached hydrogen (secondary N) is 2. The molecule has 0 saturated heterocycles. The van der Waals surface area contributed by atoms with Crippen LogP contribution in [0.5, 0.6) is 0 Å². The van der Waals surface area contributed by atoms with E-state index in [2.05, 4.69) is 15.4 Å². The van der Waals surface area contributed by atoms with Gasteiger partial charge < -0.3 is 15.0 Å². The number of alkyl carbamates (subject to hydrolysis) is 1. The van der Waals surface area contributed by atoms with E-state index in [9.17, 15) is 9.59 Å². The van der Waals surface area contributed by atoms with Gasteiger partial charge in [0.15, 0.2) is 5.11 Å². The van der Waals surface area contributed by atoms with Crippen LogP contribution in [0.1, 0.15) is 19.4 Å². The van der Waals surface area contributed by atoms with Gasteiger partial charge in [-0.25, -0.2) is 4.79 Å². The molecule has 1 aliphatic heterocycles. The summed E-state index contributed by atoms with van der Waals surface area (Å²) in [4.78, 5) is 24.5. The van der Waals surface area contributed by atoms with Gasteiger partial charge in [-0.05, 0) is 49.3 Å². The number of rotatable bonds is 1. The number of benzene rings is 1. The molecule has 1 heterocycles. The third-order valence-electron chi connectivity index (χ3n) is 3.29. The van der Waals surface area contributed by atoms with E-state index in [4.69, 9.17) is 12.2 Å². The lowest BCUT2D eigenvalue weighted by Gasteiger charge is -2.20. The number of hydrogen-bond acceptors (Lipinski definition) is 4. The molecule has 1 aromatic rings. The Hall–Kier alpha value is -2.15. The normalized spacial score (nSPS) is 16.1. The Labute approximate surface area is 128 Å². The van der Waals surface area contributed by atoms with Crippen molar-refractivity contribution in [2.24, 2.45) is 0 Å². The van der Waals surface area contributed by atoms with Crippen molar-refractivity contribution in [2.75, 3.05) is 17.3 Å². The maximum atomic E-state index is 11.7. The molecular weight excluding hydrogens is 290 g/mol. The first kappa shape index (κ1) is 15.2. The minimum absolute atomic E-state index is 0.0323. The van der Waals surface area contributed by atoms with E-state index in [0.29, 0.717) is 0 Å². The molecule has 2 N–H and O–H groups in total. The molecule has 0 aliphatic carbocycles. The number of anilines is 2. The zero-order valence-electron chi connectivity index (χ0n) is 12.1. The topological polar surface area (TPSA) is 70.7 Å². The zero-order chi connectivity index (χ0) is 15.6. The smallest absolute Gasteiger partial charge is 0.413 e. The number of fused-ring (bicyclic) bond motifs is 1. The third kappa shape index (κ3) is 3.30. The van der Waals surface area contributed by atoms with Crippen LogP contribution in [0, 0.1) is 0 Å². The van der Waals surface area contributed by atoms with Crippen molar-refractivity contribution < 1.29 is 14.3 Å². The first-order valence-corrected chi connectivity index (χ1v) is 6.92. The monoisotopic (exact) mass is 307 g/mol. The molecule has 0 saturated carbocycles. The number of carbonyl (C=O) groups excluding carboxylic acids is 2. The highest BCUT2D eigenvalue weighted by molar-refractivity contribution is 7.80. The molecule has 0 fully saturated rings. The lowest BCUT2D eigenvalue weighted by Crippen LogP contribution is -2.34. The SMILES string of the molecule is COC(=O)NC(=S)Nc1ccc2c(c1)C[C@@H](C)N2C(C)=O. The highest BCUT2D eigenvalue weighted by Crippen LogP contribution is 2.34. The average Bonchev–Trinajstić information content (AvgIpc) is 2.73. The summed E-state index contributed by atoms with van der Waals surface area (Å²) < 4.78 is 4.47. The fraction of sp³-hybridized carbons (Fsp3) is 0.357. The molecule has 1 aromatic carbocycles. The number of methoxy groups -OCH3 is 1. The molecule has 1 aliphatic rings. The first-order chi connectivity index (χ1) is 9.92. The van der Waals surface area contributed by atoms with Crippen molar-refractivity contribution in [3.8, 4) is 0 Å². The van der Waals surface area contributed by atoms with Gasteiger partial charge >= 0.3 is 6.09 Å². The van der Waals surface area contributed by atoms with Gasteiger partial charge in [-0.15, -0.1) is 0 Å². The Bertz CT molecular complexity index is 603. The van der Waals surface area contributed by atoms with Gasteiger partial charge in [-0.1, -0.05) is 0 Å². The molecule has 112 valence electrons. The first-order valence-electron chi connectivity index (χ1n) is 6.51. The third-order valence-corrected chi connectivity index (χ3v) is 3.50. The second-order valence-electron chi connectivity index (χ2n) is 4.86. The van der Waals surface area contributed by atoms with Crippen molar-refractivity contribution in [3.63, 3.8) is 0 Å². The average molecular weight is 307 g/mol.